The lowest BCUT2D eigenvalue weighted by atomic mass is 10.2. The lowest BCUT2D eigenvalue weighted by Gasteiger charge is -2.18. The lowest BCUT2D eigenvalue weighted by molar-refractivity contribution is 0.390. The number of nitrogens with one attached hydrogen (secondary N) is 1. The molecule has 0 spiro atoms. The molecule has 1 unspecified atom stereocenters. The number of nitrogen functional groups attached to an aromatic ring is 1. The Hall–Kier alpha value is -1.29. The minimum Gasteiger partial charge on any atom is -0.397 e. The molecular weight excluding hydrogens is 205 g/mol. The molecule has 0 aromatic heterocycles. The average Bonchev–Trinajstić information content (AvgIpc) is 2.20. The second-order valence-corrected chi connectivity index (χ2v) is 4.37. The van der Waals surface area contributed by atoms with Crippen LogP contribution in [-0.2, 0) is 0 Å². The number of halogens is 1. The van der Waals surface area contributed by atoms with Crippen molar-refractivity contribution in [2.75, 3.05) is 31.7 Å². The second-order valence-electron chi connectivity index (χ2n) is 4.37. The van der Waals surface area contributed by atoms with Crippen LogP contribution in [0.5, 0.6) is 0 Å². The van der Waals surface area contributed by atoms with E-state index in [0.29, 0.717) is 11.4 Å². The molecule has 0 amide bonds. The van der Waals surface area contributed by atoms with Crippen LogP contribution in [0.2, 0.25) is 0 Å². The Morgan fingerprint density at radius 1 is 1.44 bits per heavy atom. The van der Waals surface area contributed by atoms with Gasteiger partial charge in [-0.1, -0.05) is 0 Å². The molecule has 1 aromatic rings. The van der Waals surface area contributed by atoms with Gasteiger partial charge in [-0.05, 0) is 52.2 Å². The van der Waals surface area contributed by atoms with Gasteiger partial charge in [0.1, 0.15) is 5.82 Å². The van der Waals surface area contributed by atoms with Gasteiger partial charge < -0.3 is 16.0 Å². The van der Waals surface area contributed by atoms with Gasteiger partial charge >= 0.3 is 0 Å². The van der Waals surface area contributed by atoms with E-state index in [0.717, 1.165) is 13.0 Å². The molecule has 0 heterocycles. The summed E-state index contributed by atoms with van der Waals surface area (Å²) in [4.78, 5) is 2.12. The van der Waals surface area contributed by atoms with E-state index in [1.54, 1.807) is 6.07 Å². The maximum absolute atomic E-state index is 13.0. The van der Waals surface area contributed by atoms with Crippen molar-refractivity contribution >= 4 is 11.4 Å². The fourth-order valence-corrected chi connectivity index (χ4v) is 1.44. The number of benzene rings is 1. The van der Waals surface area contributed by atoms with Crippen LogP contribution in [0.1, 0.15) is 13.3 Å². The number of nitrogens with two attached hydrogens (primary N) is 1. The average molecular weight is 225 g/mol. The van der Waals surface area contributed by atoms with Gasteiger partial charge in [0.25, 0.3) is 0 Å². The van der Waals surface area contributed by atoms with Crippen molar-refractivity contribution in [3.63, 3.8) is 0 Å². The molecule has 0 fully saturated rings. The van der Waals surface area contributed by atoms with Crippen LogP contribution < -0.4 is 11.1 Å². The highest BCUT2D eigenvalue weighted by Crippen LogP contribution is 2.20. The molecule has 0 aliphatic heterocycles. The SMILES string of the molecule is CC(CCN(C)C)Nc1cc(F)ccc1N. The fourth-order valence-electron chi connectivity index (χ4n) is 1.44. The summed E-state index contributed by atoms with van der Waals surface area (Å²) >= 11 is 0. The van der Waals surface area contributed by atoms with Crippen LogP contribution >= 0.6 is 0 Å². The number of rotatable bonds is 5. The van der Waals surface area contributed by atoms with E-state index in [2.05, 4.69) is 17.1 Å². The first-order chi connectivity index (χ1) is 7.49. The Kier molecular flexibility index (Phi) is 4.55. The Morgan fingerprint density at radius 3 is 2.75 bits per heavy atom. The minimum atomic E-state index is -0.267. The molecule has 1 aromatic carbocycles. The summed E-state index contributed by atoms with van der Waals surface area (Å²) in [6, 6.07) is 4.65. The molecule has 4 heteroatoms. The molecule has 0 aliphatic carbocycles. The van der Waals surface area contributed by atoms with Crippen molar-refractivity contribution in [3.8, 4) is 0 Å². The second kappa shape index (κ2) is 5.70. The van der Waals surface area contributed by atoms with Gasteiger partial charge in [0, 0.05) is 6.04 Å². The van der Waals surface area contributed by atoms with Gasteiger partial charge in [0.2, 0.25) is 0 Å². The smallest absolute Gasteiger partial charge is 0.125 e. The van der Waals surface area contributed by atoms with Crippen molar-refractivity contribution in [1.29, 1.82) is 0 Å². The van der Waals surface area contributed by atoms with Crippen molar-refractivity contribution in [2.45, 2.75) is 19.4 Å². The molecule has 1 rings (SSSR count). The standard InChI is InChI=1S/C12H20FN3/c1-9(6-7-16(2)3)15-12-8-10(13)4-5-11(12)14/h4-5,8-9,15H,6-7,14H2,1-3H3. The first kappa shape index (κ1) is 12.8. The number of anilines is 2. The van der Waals surface area contributed by atoms with E-state index in [1.165, 1.54) is 12.1 Å². The molecule has 3 N–H and O–H groups in total. The Balaban J connectivity index is 2.55. The van der Waals surface area contributed by atoms with E-state index < -0.39 is 0 Å². The molecule has 0 saturated carbocycles. The highest BCUT2D eigenvalue weighted by molar-refractivity contribution is 5.66. The zero-order chi connectivity index (χ0) is 12.1. The zero-order valence-electron chi connectivity index (χ0n) is 10.1. The van der Waals surface area contributed by atoms with Crippen molar-refractivity contribution in [3.05, 3.63) is 24.0 Å². The molecule has 0 bridgehead atoms. The van der Waals surface area contributed by atoms with E-state index >= 15 is 0 Å². The summed E-state index contributed by atoms with van der Waals surface area (Å²) < 4.78 is 13.0. The first-order valence-electron chi connectivity index (χ1n) is 5.45. The van der Waals surface area contributed by atoms with E-state index in [9.17, 15) is 4.39 Å². The first-order valence-corrected chi connectivity index (χ1v) is 5.45. The van der Waals surface area contributed by atoms with Gasteiger partial charge in [0.05, 0.1) is 11.4 Å². The number of nitrogens with zero attached hydrogens (tertiary/aromatic N) is 1. The van der Waals surface area contributed by atoms with Crippen LogP contribution in [0, 0.1) is 5.82 Å². The maximum atomic E-state index is 13.0. The third kappa shape index (κ3) is 4.06. The summed E-state index contributed by atoms with van der Waals surface area (Å²) in [5.41, 5.74) is 7.01. The largest absolute Gasteiger partial charge is 0.397 e. The quantitative estimate of drug-likeness (QED) is 0.754. The zero-order valence-corrected chi connectivity index (χ0v) is 10.1. The fraction of sp³-hybridized carbons (Fsp3) is 0.500. The van der Waals surface area contributed by atoms with Crippen LogP contribution in [0.15, 0.2) is 18.2 Å². The molecule has 3 nitrogen and oxygen atoms in total. The third-order valence-electron chi connectivity index (χ3n) is 2.43. The number of hydrogen-bond donors (Lipinski definition) is 2. The third-order valence-corrected chi connectivity index (χ3v) is 2.43. The van der Waals surface area contributed by atoms with Crippen LogP contribution in [0.4, 0.5) is 15.8 Å². The maximum Gasteiger partial charge on any atom is 0.125 e. The lowest BCUT2D eigenvalue weighted by Crippen LogP contribution is -2.23. The molecule has 0 saturated heterocycles. The van der Waals surface area contributed by atoms with E-state index in [1.807, 2.05) is 14.1 Å². The summed E-state index contributed by atoms with van der Waals surface area (Å²) in [5.74, 6) is -0.267. The van der Waals surface area contributed by atoms with Crippen molar-refractivity contribution in [1.82, 2.24) is 4.90 Å². The van der Waals surface area contributed by atoms with Gasteiger partial charge in [-0.2, -0.15) is 0 Å². The topological polar surface area (TPSA) is 41.3 Å². The summed E-state index contributed by atoms with van der Waals surface area (Å²) in [7, 11) is 4.06. The predicted octanol–water partition coefficient (Wildman–Crippen LogP) is 2.16. The minimum absolute atomic E-state index is 0.267. The van der Waals surface area contributed by atoms with Gasteiger partial charge in [0.15, 0.2) is 0 Å². The molecule has 16 heavy (non-hydrogen) atoms. The predicted molar refractivity (Wildman–Crippen MR) is 67.1 cm³/mol. The normalized spacial score (nSPS) is 12.8. The summed E-state index contributed by atoms with van der Waals surface area (Å²) in [5, 5.41) is 3.21. The molecule has 90 valence electrons. The highest BCUT2D eigenvalue weighted by atomic mass is 19.1. The van der Waals surface area contributed by atoms with Crippen LogP contribution in [0.3, 0.4) is 0 Å². The number of hydrogen-bond acceptors (Lipinski definition) is 3. The Morgan fingerprint density at radius 2 is 2.12 bits per heavy atom. The van der Waals surface area contributed by atoms with Gasteiger partial charge in [-0.15, -0.1) is 0 Å². The summed E-state index contributed by atoms with van der Waals surface area (Å²) in [6.45, 7) is 3.05. The molecule has 1 atom stereocenters. The van der Waals surface area contributed by atoms with Crippen molar-refractivity contribution in [2.24, 2.45) is 0 Å². The van der Waals surface area contributed by atoms with Gasteiger partial charge in [-0.25, -0.2) is 4.39 Å². The van der Waals surface area contributed by atoms with Gasteiger partial charge in [-0.3, -0.25) is 0 Å². The Labute approximate surface area is 96.4 Å². The van der Waals surface area contributed by atoms with Crippen LogP contribution in [0.25, 0.3) is 0 Å². The highest BCUT2D eigenvalue weighted by Gasteiger charge is 2.06. The van der Waals surface area contributed by atoms with E-state index in [4.69, 9.17) is 5.73 Å². The molecule has 0 radical (unpaired) electrons. The molecule has 0 aliphatic rings. The Bertz CT molecular complexity index is 339. The monoisotopic (exact) mass is 225 g/mol. The van der Waals surface area contributed by atoms with Crippen molar-refractivity contribution < 1.29 is 4.39 Å². The van der Waals surface area contributed by atoms with E-state index in [-0.39, 0.29) is 11.9 Å². The van der Waals surface area contributed by atoms with Crippen LogP contribution in [-0.4, -0.2) is 31.6 Å². The molecular formula is C12H20FN3. The summed E-state index contributed by atoms with van der Waals surface area (Å²) in [6.07, 6.45) is 0.989.